The number of carbonyl (C=O) groups is 1. The van der Waals surface area contributed by atoms with Crippen molar-refractivity contribution in [3.8, 4) is 0 Å². The van der Waals surface area contributed by atoms with Gasteiger partial charge < -0.3 is 4.74 Å². The predicted molar refractivity (Wildman–Crippen MR) is 99.4 cm³/mol. The van der Waals surface area contributed by atoms with E-state index in [-0.39, 0.29) is 17.2 Å². The molecule has 134 valence electrons. The normalized spacial score (nSPS) is 11.2. The Balaban J connectivity index is 2.54. The summed E-state index contributed by atoms with van der Waals surface area (Å²) in [4.78, 5) is 11.9. The summed E-state index contributed by atoms with van der Waals surface area (Å²) in [5.74, 6) is -1.22. The molecule has 0 bridgehead atoms. The minimum absolute atomic E-state index is 0.0319. The van der Waals surface area contributed by atoms with Crippen LogP contribution in [0.25, 0.3) is 0 Å². The fraction of sp³-hybridized carbons (Fsp3) is 0.188. The van der Waals surface area contributed by atoms with E-state index in [4.69, 9.17) is 4.74 Å². The second-order valence-corrected chi connectivity index (χ2v) is 8.47. The van der Waals surface area contributed by atoms with Crippen molar-refractivity contribution in [3.63, 3.8) is 0 Å². The molecule has 0 heterocycles. The van der Waals surface area contributed by atoms with Gasteiger partial charge in [-0.25, -0.2) is 12.8 Å². The molecule has 0 spiro atoms. The predicted octanol–water partition coefficient (Wildman–Crippen LogP) is 4.11. The number of hydrogen-bond acceptors (Lipinski definition) is 4. The third-order valence-electron chi connectivity index (χ3n) is 3.15. The van der Waals surface area contributed by atoms with Crippen molar-refractivity contribution in [2.75, 3.05) is 17.5 Å². The molecule has 0 fully saturated rings. The first kappa shape index (κ1) is 19.9. The second-order valence-electron chi connectivity index (χ2n) is 4.87. The highest BCUT2D eigenvalue weighted by molar-refractivity contribution is 9.11. The number of esters is 1. The molecule has 0 amide bonds. The van der Waals surface area contributed by atoms with Gasteiger partial charge in [0.15, 0.2) is 0 Å². The van der Waals surface area contributed by atoms with Crippen LogP contribution in [0.1, 0.15) is 6.92 Å². The molecule has 9 heteroatoms. The smallest absolute Gasteiger partial charge is 0.326 e. The molecule has 25 heavy (non-hydrogen) atoms. The first-order valence-corrected chi connectivity index (χ1v) is 10.2. The van der Waals surface area contributed by atoms with Gasteiger partial charge >= 0.3 is 5.97 Å². The quantitative estimate of drug-likeness (QED) is 0.567. The molecule has 0 aliphatic carbocycles. The minimum Gasteiger partial charge on any atom is -0.465 e. The van der Waals surface area contributed by atoms with Gasteiger partial charge in [-0.1, -0.05) is 15.9 Å². The largest absolute Gasteiger partial charge is 0.465 e. The number of nitrogens with zero attached hydrogens (tertiary/aromatic N) is 1. The van der Waals surface area contributed by atoms with Crippen LogP contribution in [0.15, 0.2) is 56.3 Å². The summed E-state index contributed by atoms with van der Waals surface area (Å²) in [5, 5.41) is 0. The average Bonchev–Trinajstić information content (AvgIpc) is 2.56. The molecule has 2 rings (SSSR count). The van der Waals surface area contributed by atoms with E-state index in [1.807, 2.05) is 0 Å². The number of rotatable bonds is 6. The molecule has 0 aromatic heterocycles. The molecular weight excluding hydrogens is 481 g/mol. The molecule has 0 radical (unpaired) electrons. The van der Waals surface area contributed by atoms with E-state index < -0.39 is 28.4 Å². The van der Waals surface area contributed by atoms with Crippen LogP contribution >= 0.6 is 31.9 Å². The Labute approximate surface area is 162 Å². The summed E-state index contributed by atoms with van der Waals surface area (Å²) in [6.07, 6.45) is 0. The summed E-state index contributed by atoms with van der Waals surface area (Å²) in [6.45, 7) is 1.22. The van der Waals surface area contributed by atoms with Gasteiger partial charge in [-0.2, -0.15) is 0 Å². The molecule has 0 unspecified atom stereocenters. The fourth-order valence-electron chi connectivity index (χ4n) is 2.04. The van der Waals surface area contributed by atoms with Crippen molar-refractivity contribution < 1.29 is 22.3 Å². The van der Waals surface area contributed by atoms with Crippen LogP contribution in [0.3, 0.4) is 0 Å². The maximum Gasteiger partial charge on any atom is 0.326 e. The lowest BCUT2D eigenvalue weighted by Crippen LogP contribution is -2.36. The Kier molecular flexibility index (Phi) is 6.59. The van der Waals surface area contributed by atoms with Gasteiger partial charge in [-0.15, -0.1) is 0 Å². The van der Waals surface area contributed by atoms with Crippen LogP contribution in [0.5, 0.6) is 0 Å². The van der Waals surface area contributed by atoms with E-state index in [0.29, 0.717) is 8.95 Å². The summed E-state index contributed by atoms with van der Waals surface area (Å²) in [6, 6.07) is 9.50. The minimum atomic E-state index is -4.10. The van der Waals surface area contributed by atoms with E-state index in [1.165, 1.54) is 18.2 Å². The summed E-state index contributed by atoms with van der Waals surface area (Å²) in [7, 11) is -4.10. The average molecular weight is 495 g/mol. The fourth-order valence-corrected chi connectivity index (χ4v) is 4.92. The highest BCUT2D eigenvalue weighted by Crippen LogP contribution is 2.31. The highest BCUT2D eigenvalue weighted by atomic mass is 79.9. The summed E-state index contributed by atoms with van der Waals surface area (Å²) in [5.41, 5.74) is 0.154. The lowest BCUT2D eigenvalue weighted by atomic mass is 10.3. The third kappa shape index (κ3) is 4.80. The van der Waals surface area contributed by atoms with E-state index in [0.717, 1.165) is 16.4 Å². The Morgan fingerprint density at radius 3 is 2.40 bits per heavy atom. The van der Waals surface area contributed by atoms with Crippen molar-refractivity contribution in [1.29, 1.82) is 0 Å². The van der Waals surface area contributed by atoms with Gasteiger partial charge in [0, 0.05) is 8.95 Å². The Bertz CT molecular complexity index is 872. The summed E-state index contributed by atoms with van der Waals surface area (Å²) < 4.78 is 46.1. The van der Waals surface area contributed by atoms with Crippen LogP contribution in [0.2, 0.25) is 0 Å². The van der Waals surface area contributed by atoms with Crippen LogP contribution in [-0.2, 0) is 19.6 Å². The van der Waals surface area contributed by atoms with E-state index in [9.17, 15) is 17.6 Å². The Morgan fingerprint density at radius 2 is 1.80 bits per heavy atom. The number of anilines is 1. The van der Waals surface area contributed by atoms with E-state index >= 15 is 0 Å². The van der Waals surface area contributed by atoms with Crippen molar-refractivity contribution in [3.05, 3.63) is 57.2 Å². The lowest BCUT2D eigenvalue weighted by molar-refractivity contribution is -0.141. The molecule has 0 N–H and O–H groups in total. The standard InChI is InChI=1S/C16H14Br2FNO4S/c1-2-24-16(21)10-20(13-6-4-12(19)5-7-13)25(22,23)15-9-11(17)3-8-14(15)18/h3-9H,2,10H2,1H3. The zero-order valence-electron chi connectivity index (χ0n) is 13.1. The lowest BCUT2D eigenvalue weighted by Gasteiger charge is -2.24. The molecule has 0 saturated carbocycles. The van der Waals surface area contributed by atoms with E-state index in [1.54, 1.807) is 19.1 Å². The molecule has 5 nitrogen and oxygen atoms in total. The molecular formula is C16H14Br2FNO4S. The molecule has 0 saturated heterocycles. The van der Waals surface area contributed by atoms with Crippen LogP contribution in [0, 0.1) is 5.82 Å². The van der Waals surface area contributed by atoms with Crippen molar-refractivity contribution in [1.82, 2.24) is 0 Å². The molecule has 0 aliphatic heterocycles. The number of carbonyl (C=O) groups excluding carboxylic acids is 1. The number of hydrogen-bond donors (Lipinski definition) is 0. The monoisotopic (exact) mass is 493 g/mol. The Morgan fingerprint density at radius 1 is 1.16 bits per heavy atom. The molecule has 2 aromatic carbocycles. The van der Waals surface area contributed by atoms with Crippen molar-refractivity contribution in [2.45, 2.75) is 11.8 Å². The first-order chi connectivity index (χ1) is 11.8. The number of halogens is 3. The van der Waals surface area contributed by atoms with E-state index in [2.05, 4.69) is 31.9 Å². The highest BCUT2D eigenvalue weighted by Gasteiger charge is 2.29. The zero-order valence-corrected chi connectivity index (χ0v) is 17.1. The number of sulfonamides is 1. The second kappa shape index (κ2) is 8.29. The van der Waals surface area contributed by atoms with Gasteiger partial charge in [0.25, 0.3) is 10.0 Å². The maximum atomic E-state index is 13.2. The Hall–Kier alpha value is -1.45. The molecule has 0 atom stereocenters. The molecule has 2 aromatic rings. The number of benzene rings is 2. The van der Waals surface area contributed by atoms with Gasteiger partial charge in [0.1, 0.15) is 17.3 Å². The van der Waals surface area contributed by atoms with Gasteiger partial charge in [-0.05, 0) is 65.3 Å². The van der Waals surface area contributed by atoms with Gasteiger partial charge in [0.05, 0.1) is 12.3 Å². The van der Waals surface area contributed by atoms with Crippen LogP contribution in [-0.4, -0.2) is 27.5 Å². The number of ether oxygens (including phenoxy) is 1. The topological polar surface area (TPSA) is 63.7 Å². The molecule has 0 aliphatic rings. The van der Waals surface area contributed by atoms with Gasteiger partial charge in [-0.3, -0.25) is 9.10 Å². The SMILES string of the molecule is CCOC(=O)CN(c1ccc(F)cc1)S(=O)(=O)c1cc(Br)ccc1Br. The first-order valence-electron chi connectivity index (χ1n) is 7.14. The zero-order chi connectivity index (χ0) is 18.6. The van der Waals surface area contributed by atoms with Crippen molar-refractivity contribution in [2.24, 2.45) is 0 Å². The van der Waals surface area contributed by atoms with Crippen molar-refractivity contribution >= 4 is 53.5 Å². The maximum absolute atomic E-state index is 13.2. The van der Waals surface area contributed by atoms with Gasteiger partial charge in [0.2, 0.25) is 0 Å². The summed E-state index contributed by atoms with van der Waals surface area (Å²) >= 11 is 6.45. The third-order valence-corrected chi connectivity index (χ3v) is 6.41. The van der Waals surface area contributed by atoms with Crippen LogP contribution < -0.4 is 4.31 Å². The van der Waals surface area contributed by atoms with Crippen LogP contribution in [0.4, 0.5) is 10.1 Å².